The van der Waals surface area contributed by atoms with Gasteiger partial charge >= 0.3 is 0 Å². The standard InChI is InChI=1S/C11H11NO2/c13-12(14)11-7-5-10(6-8-11)4-3-9-1-2-9/h3-9H,1-2H2/b4-3+. The fourth-order valence-electron chi connectivity index (χ4n) is 1.24. The largest absolute Gasteiger partial charge is 0.269 e. The molecule has 1 fully saturated rings. The molecule has 1 aromatic rings. The molecular weight excluding hydrogens is 178 g/mol. The van der Waals surface area contributed by atoms with Crippen molar-refractivity contribution in [1.29, 1.82) is 0 Å². The summed E-state index contributed by atoms with van der Waals surface area (Å²) in [6, 6.07) is 6.62. The van der Waals surface area contributed by atoms with Crippen molar-refractivity contribution in [1.82, 2.24) is 0 Å². The van der Waals surface area contributed by atoms with Crippen LogP contribution in [0.15, 0.2) is 30.3 Å². The van der Waals surface area contributed by atoms with Crippen LogP contribution in [0.3, 0.4) is 0 Å². The molecule has 0 bridgehead atoms. The van der Waals surface area contributed by atoms with Gasteiger partial charge in [-0.25, -0.2) is 0 Å². The summed E-state index contributed by atoms with van der Waals surface area (Å²) in [6.45, 7) is 0. The highest BCUT2D eigenvalue weighted by Crippen LogP contribution is 2.30. The van der Waals surface area contributed by atoms with Crippen LogP contribution in [0.25, 0.3) is 6.08 Å². The first-order valence-corrected chi connectivity index (χ1v) is 4.68. The van der Waals surface area contributed by atoms with E-state index in [1.54, 1.807) is 12.1 Å². The van der Waals surface area contributed by atoms with E-state index in [9.17, 15) is 10.1 Å². The first kappa shape index (κ1) is 8.94. The van der Waals surface area contributed by atoms with E-state index in [1.807, 2.05) is 6.08 Å². The Morgan fingerprint density at radius 3 is 2.43 bits per heavy atom. The highest BCUT2D eigenvalue weighted by atomic mass is 16.6. The Bertz CT molecular complexity index is 363. The lowest BCUT2D eigenvalue weighted by molar-refractivity contribution is -0.384. The summed E-state index contributed by atoms with van der Waals surface area (Å²) in [5.74, 6) is 0.741. The third kappa shape index (κ3) is 2.19. The van der Waals surface area contributed by atoms with Crippen molar-refractivity contribution in [2.45, 2.75) is 12.8 Å². The van der Waals surface area contributed by atoms with Crippen LogP contribution in [-0.2, 0) is 0 Å². The van der Waals surface area contributed by atoms with Crippen molar-refractivity contribution in [3.05, 3.63) is 46.0 Å². The van der Waals surface area contributed by atoms with Crippen LogP contribution in [0, 0.1) is 16.0 Å². The van der Waals surface area contributed by atoms with Gasteiger partial charge in [-0.3, -0.25) is 10.1 Å². The van der Waals surface area contributed by atoms with E-state index in [0.717, 1.165) is 11.5 Å². The molecule has 0 unspecified atom stereocenters. The van der Waals surface area contributed by atoms with Gasteiger partial charge in [-0.1, -0.05) is 12.2 Å². The molecule has 0 amide bonds. The molecule has 0 N–H and O–H groups in total. The number of allylic oxidation sites excluding steroid dienone is 1. The van der Waals surface area contributed by atoms with E-state index in [4.69, 9.17) is 0 Å². The number of nitro groups is 1. The molecule has 1 saturated carbocycles. The quantitative estimate of drug-likeness (QED) is 0.541. The second-order valence-electron chi connectivity index (χ2n) is 3.55. The van der Waals surface area contributed by atoms with E-state index >= 15 is 0 Å². The first-order chi connectivity index (χ1) is 6.75. The summed E-state index contributed by atoms with van der Waals surface area (Å²) in [6.07, 6.45) is 6.76. The molecule has 1 aromatic carbocycles. The second kappa shape index (κ2) is 3.62. The van der Waals surface area contributed by atoms with Crippen molar-refractivity contribution < 1.29 is 4.92 Å². The topological polar surface area (TPSA) is 43.1 Å². The molecule has 3 heteroatoms. The van der Waals surface area contributed by atoms with E-state index < -0.39 is 0 Å². The molecule has 0 aliphatic heterocycles. The summed E-state index contributed by atoms with van der Waals surface area (Å²) < 4.78 is 0. The second-order valence-corrected chi connectivity index (χ2v) is 3.55. The molecule has 0 saturated heterocycles. The molecule has 1 aliphatic carbocycles. The third-order valence-electron chi connectivity index (χ3n) is 2.29. The lowest BCUT2D eigenvalue weighted by Gasteiger charge is -1.92. The Balaban J connectivity index is 2.08. The summed E-state index contributed by atoms with van der Waals surface area (Å²) in [7, 11) is 0. The Morgan fingerprint density at radius 1 is 1.29 bits per heavy atom. The predicted molar refractivity (Wildman–Crippen MR) is 54.9 cm³/mol. The normalized spacial score (nSPS) is 16.0. The third-order valence-corrected chi connectivity index (χ3v) is 2.29. The van der Waals surface area contributed by atoms with Crippen molar-refractivity contribution in [2.24, 2.45) is 5.92 Å². The zero-order valence-electron chi connectivity index (χ0n) is 7.72. The van der Waals surface area contributed by atoms with Crippen molar-refractivity contribution >= 4 is 11.8 Å². The summed E-state index contributed by atoms with van der Waals surface area (Å²) >= 11 is 0. The molecule has 0 aromatic heterocycles. The maximum Gasteiger partial charge on any atom is 0.269 e. The number of benzene rings is 1. The van der Waals surface area contributed by atoms with Gasteiger partial charge in [0.05, 0.1) is 4.92 Å². The minimum Gasteiger partial charge on any atom is -0.258 e. The smallest absolute Gasteiger partial charge is 0.258 e. The Morgan fingerprint density at radius 2 is 1.93 bits per heavy atom. The molecule has 0 spiro atoms. The van der Waals surface area contributed by atoms with Crippen molar-refractivity contribution in [2.75, 3.05) is 0 Å². The average Bonchev–Trinajstić information content (AvgIpc) is 2.99. The van der Waals surface area contributed by atoms with Crippen LogP contribution in [0.1, 0.15) is 18.4 Å². The first-order valence-electron chi connectivity index (χ1n) is 4.68. The van der Waals surface area contributed by atoms with Crippen LogP contribution in [-0.4, -0.2) is 4.92 Å². The van der Waals surface area contributed by atoms with Gasteiger partial charge in [0.15, 0.2) is 0 Å². The molecule has 2 rings (SSSR count). The summed E-state index contributed by atoms with van der Waals surface area (Å²) in [5, 5.41) is 10.4. The number of nitrogens with zero attached hydrogens (tertiary/aromatic N) is 1. The van der Waals surface area contributed by atoms with Crippen LogP contribution < -0.4 is 0 Å². The minimum atomic E-state index is -0.381. The van der Waals surface area contributed by atoms with Gasteiger partial charge in [0.25, 0.3) is 5.69 Å². The van der Waals surface area contributed by atoms with Gasteiger partial charge in [-0.05, 0) is 36.5 Å². The van der Waals surface area contributed by atoms with Gasteiger partial charge in [-0.15, -0.1) is 0 Å². The summed E-state index contributed by atoms with van der Waals surface area (Å²) in [5.41, 5.74) is 1.18. The molecular formula is C11H11NO2. The number of rotatable bonds is 3. The molecule has 3 nitrogen and oxygen atoms in total. The lowest BCUT2D eigenvalue weighted by atomic mass is 10.2. The Kier molecular flexibility index (Phi) is 2.31. The van der Waals surface area contributed by atoms with E-state index in [-0.39, 0.29) is 10.6 Å². The number of hydrogen-bond acceptors (Lipinski definition) is 2. The maximum atomic E-state index is 10.4. The summed E-state index contributed by atoms with van der Waals surface area (Å²) in [4.78, 5) is 10.00. The fourth-order valence-corrected chi connectivity index (χ4v) is 1.24. The Labute approximate surface area is 82.2 Å². The monoisotopic (exact) mass is 189 g/mol. The van der Waals surface area contributed by atoms with Crippen LogP contribution >= 0.6 is 0 Å². The molecule has 0 radical (unpaired) electrons. The molecule has 1 aliphatic rings. The van der Waals surface area contributed by atoms with Crippen LogP contribution in [0.2, 0.25) is 0 Å². The molecule has 0 heterocycles. The molecule has 0 atom stereocenters. The Hall–Kier alpha value is -1.64. The van der Waals surface area contributed by atoms with Gasteiger partial charge in [-0.2, -0.15) is 0 Å². The zero-order chi connectivity index (χ0) is 9.97. The minimum absolute atomic E-state index is 0.147. The zero-order valence-corrected chi connectivity index (χ0v) is 7.72. The van der Waals surface area contributed by atoms with Gasteiger partial charge in [0.1, 0.15) is 0 Å². The SMILES string of the molecule is O=[N+]([O-])c1ccc(/C=C/C2CC2)cc1. The number of hydrogen-bond donors (Lipinski definition) is 0. The molecule has 14 heavy (non-hydrogen) atoms. The maximum absolute atomic E-state index is 10.4. The highest BCUT2D eigenvalue weighted by Gasteiger charge is 2.16. The van der Waals surface area contributed by atoms with E-state index in [0.29, 0.717) is 0 Å². The number of nitro benzene ring substituents is 1. The van der Waals surface area contributed by atoms with E-state index in [2.05, 4.69) is 6.08 Å². The number of non-ortho nitro benzene ring substituents is 1. The van der Waals surface area contributed by atoms with Gasteiger partial charge in [0, 0.05) is 12.1 Å². The lowest BCUT2D eigenvalue weighted by Crippen LogP contribution is -1.86. The van der Waals surface area contributed by atoms with Crippen molar-refractivity contribution in [3.63, 3.8) is 0 Å². The van der Waals surface area contributed by atoms with Crippen LogP contribution in [0.4, 0.5) is 5.69 Å². The highest BCUT2D eigenvalue weighted by molar-refractivity contribution is 5.52. The van der Waals surface area contributed by atoms with Crippen molar-refractivity contribution in [3.8, 4) is 0 Å². The van der Waals surface area contributed by atoms with Gasteiger partial charge < -0.3 is 0 Å². The average molecular weight is 189 g/mol. The van der Waals surface area contributed by atoms with Crippen LogP contribution in [0.5, 0.6) is 0 Å². The fraction of sp³-hybridized carbons (Fsp3) is 0.273. The van der Waals surface area contributed by atoms with Gasteiger partial charge in [0.2, 0.25) is 0 Å². The molecule has 72 valence electrons. The van der Waals surface area contributed by atoms with E-state index in [1.165, 1.54) is 25.0 Å². The predicted octanol–water partition coefficient (Wildman–Crippen LogP) is 3.02.